The Morgan fingerprint density at radius 1 is 1.00 bits per heavy atom. The highest BCUT2D eigenvalue weighted by Crippen LogP contribution is 2.71. The van der Waals surface area contributed by atoms with Crippen LogP contribution in [0.2, 0.25) is 0 Å². The summed E-state index contributed by atoms with van der Waals surface area (Å²) in [5, 5.41) is 25.0. The first-order valence-electron chi connectivity index (χ1n) is 13.9. The predicted octanol–water partition coefficient (Wildman–Crippen LogP) is 7.18. The molecule has 0 spiro atoms. The van der Waals surface area contributed by atoms with E-state index in [2.05, 4.69) is 60.5 Å². The second kappa shape index (κ2) is 8.46. The number of hydrogen-bond acceptors (Lipinski definition) is 4. The summed E-state index contributed by atoms with van der Waals surface area (Å²) in [6, 6.07) is 0. The maximum atomic E-state index is 14.1. The zero-order valence-electron chi connectivity index (χ0n) is 23.0. The highest BCUT2D eigenvalue weighted by molar-refractivity contribution is 6.13. The molecule has 4 rings (SSSR count). The van der Waals surface area contributed by atoms with E-state index in [0.29, 0.717) is 24.7 Å². The van der Waals surface area contributed by atoms with Crippen LogP contribution < -0.4 is 0 Å². The molecule has 2 N–H and O–H groups in total. The van der Waals surface area contributed by atoms with Crippen LogP contribution in [0, 0.1) is 45.3 Å². The Morgan fingerprint density at radius 2 is 1.68 bits per heavy atom. The normalized spacial score (nSPS) is 43.6. The van der Waals surface area contributed by atoms with E-state index in [1.165, 1.54) is 19.3 Å². The van der Waals surface area contributed by atoms with Gasteiger partial charge in [-0.25, -0.2) is 0 Å². The first kappa shape index (κ1) is 25.9. The average molecular weight is 472 g/mol. The molecule has 2 fully saturated rings. The van der Waals surface area contributed by atoms with Gasteiger partial charge in [0, 0.05) is 22.8 Å². The summed E-state index contributed by atoms with van der Waals surface area (Å²) in [6.45, 7) is 18.2. The Bertz CT molecular complexity index is 901. The van der Waals surface area contributed by atoms with Crippen LogP contribution in [0.4, 0.5) is 0 Å². The number of carbonyl (C=O) groups excluding carboxylic acids is 1. The van der Waals surface area contributed by atoms with Gasteiger partial charge in [0.05, 0.1) is 11.8 Å². The first-order chi connectivity index (χ1) is 15.7. The van der Waals surface area contributed by atoms with E-state index in [0.717, 1.165) is 48.5 Å². The van der Waals surface area contributed by atoms with Crippen molar-refractivity contribution < 1.29 is 15.1 Å². The fourth-order valence-corrected chi connectivity index (χ4v) is 9.27. The third-order valence-electron chi connectivity index (χ3n) is 11.6. The van der Waals surface area contributed by atoms with Crippen molar-refractivity contribution in [3.8, 4) is 0 Å². The predicted molar refractivity (Wildman–Crippen MR) is 138 cm³/mol. The van der Waals surface area contributed by atoms with Crippen molar-refractivity contribution in [1.82, 2.24) is 0 Å². The molecule has 34 heavy (non-hydrogen) atoms. The van der Waals surface area contributed by atoms with Crippen molar-refractivity contribution >= 4 is 11.5 Å². The molecule has 4 nitrogen and oxygen atoms in total. The lowest BCUT2D eigenvalue weighted by Crippen LogP contribution is -2.59. The fourth-order valence-electron chi connectivity index (χ4n) is 9.27. The van der Waals surface area contributed by atoms with E-state index < -0.39 is 6.10 Å². The summed E-state index contributed by atoms with van der Waals surface area (Å²) >= 11 is 0. The van der Waals surface area contributed by atoms with Crippen LogP contribution in [0.25, 0.3) is 0 Å². The van der Waals surface area contributed by atoms with Crippen molar-refractivity contribution in [3.05, 3.63) is 11.1 Å². The first-order valence-corrected chi connectivity index (χ1v) is 13.9. The van der Waals surface area contributed by atoms with Crippen LogP contribution in [0.5, 0.6) is 0 Å². The highest BCUT2D eigenvalue weighted by Gasteiger charge is 2.66. The Balaban J connectivity index is 1.78. The summed E-state index contributed by atoms with van der Waals surface area (Å²) in [5.74, 6) is 2.20. The van der Waals surface area contributed by atoms with Crippen LogP contribution in [0.1, 0.15) is 113 Å². The largest absolute Gasteiger partial charge is 0.411 e. The van der Waals surface area contributed by atoms with Crippen LogP contribution in [-0.4, -0.2) is 27.9 Å². The van der Waals surface area contributed by atoms with Crippen molar-refractivity contribution in [2.24, 2.45) is 50.5 Å². The van der Waals surface area contributed by atoms with Gasteiger partial charge in [-0.1, -0.05) is 79.8 Å². The van der Waals surface area contributed by atoms with Crippen LogP contribution >= 0.6 is 0 Å². The number of ketones is 1. The Morgan fingerprint density at radius 3 is 2.29 bits per heavy atom. The summed E-state index contributed by atoms with van der Waals surface area (Å²) in [4.78, 5) is 14.1. The molecule has 4 aliphatic rings. The summed E-state index contributed by atoms with van der Waals surface area (Å²) in [7, 11) is 0. The minimum atomic E-state index is -0.394. The van der Waals surface area contributed by atoms with Crippen LogP contribution in [0.15, 0.2) is 16.3 Å². The van der Waals surface area contributed by atoms with Gasteiger partial charge in [0.2, 0.25) is 0 Å². The SMILES string of the molecule is CC(C)CCC[C@@H](C)[C@H]1CC[C@@]2(C)C3=C(C(=O)C[C@]12C)[C@@]1(C)CC[C@H](O)C(C)(C)[C@@H]1C/C3=N/O. The molecular weight excluding hydrogens is 422 g/mol. The number of aliphatic hydroxyl groups excluding tert-OH is 1. The van der Waals surface area contributed by atoms with E-state index in [4.69, 9.17) is 0 Å². The van der Waals surface area contributed by atoms with Crippen molar-refractivity contribution in [1.29, 1.82) is 0 Å². The van der Waals surface area contributed by atoms with Crippen molar-refractivity contribution in [3.63, 3.8) is 0 Å². The quantitative estimate of drug-likeness (QED) is 0.329. The molecule has 0 aromatic heterocycles. The molecule has 0 saturated heterocycles. The Labute approximate surface area is 207 Å². The van der Waals surface area contributed by atoms with Crippen molar-refractivity contribution in [2.45, 2.75) is 119 Å². The third kappa shape index (κ3) is 3.48. The lowest BCUT2D eigenvalue weighted by molar-refractivity contribution is -0.128. The average Bonchev–Trinajstić information content (AvgIpc) is 3.01. The summed E-state index contributed by atoms with van der Waals surface area (Å²) in [5.41, 5.74) is 1.89. The van der Waals surface area contributed by atoms with Gasteiger partial charge >= 0.3 is 0 Å². The lowest BCUT2D eigenvalue weighted by Gasteiger charge is -2.61. The van der Waals surface area contributed by atoms with E-state index in [1.807, 2.05) is 0 Å². The number of rotatable bonds is 5. The number of allylic oxidation sites excluding steroid dienone is 2. The third-order valence-corrected chi connectivity index (χ3v) is 11.6. The smallest absolute Gasteiger partial charge is 0.160 e. The molecular formula is C30H49NO3. The van der Waals surface area contributed by atoms with Crippen LogP contribution in [-0.2, 0) is 4.79 Å². The van der Waals surface area contributed by atoms with E-state index in [1.54, 1.807) is 0 Å². The Hall–Kier alpha value is -1.16. The topological polar surface area (TPSA) is 69.9 Å². The molecule has 4 aliphatic carbocycles. The molecule has 2 saturated carbocycles. The van der Waals surface area contributed by atoms with Gasteiger partial charge in [-0.3, -0.25) is 4.79 Å². The van der Waals surface area contributed by atoms with Gasteiger partial charge in [0.25, 0.3) is 0 Å². The molecule has 0 aliphatic heterocycles. The van der Waals surface area contributed by atoms with Gasteiger partial charge in [0.1, 0.15) is 0 Å². The van der Waals surface area contributed by atoms with Gasteiger partial charge in [-0.05, 0) is 72.2 Å². The minimum absolute atomic E-state index is 0.0949. The van der Waals surface area contributed by atoms with Gasteiger partial charge in [-0.2, -0.15) is 0 Å². The molecule has 0 bridgehead atoms. The fraction of sp³-hybridized carbons (Fsp3) is 0.867. The molecule has 0 unspecified atom stereocenters. The van der Waals surface area contributed by atoms with Crippen molar-refractivity contribution in [2.75, 3.05) is 0 Å². The monoisotopic (exact) mass is 471 g/mol. The maximum absolute atomic E-state index is 14.1. The van der Waals surface area contributed by atoms with Gasteiger partial charge in [-0.15, -0.1) is 0 Å². The van der Waals surface area contributed by atoms with E-state index in [9.17, 15) is 15.1 Å². The van der Waals surface area contributed by atoms with Gasteiger partial charge < -0.3 is 10.3 Å². The second-order valence-corrected chi connectivity index (χ2v) is 14.1. The summed E-state index contributed by atoms with van der Waals surface area (Å²) < 4.78 is 0. The molecule has 0 aromatic carbocycles. The van der Waals surface area contributed by atoms with E-state index in [-0.39, 0.29) is 33.4 Å². The minimum Gasteiger partial charge on any atom is -0.411 e. The molecule has 192 valence electrons. The second-order valence-electron chi connectivity index (χ2n) is 14.1. The Kier molecular flexibility index (Phi) is 6.45. The zero-order valence-corrected chi connectivity index (χ0v) is 23.0. The maximum Gasteiger partial charge on any atom is 0.160 e. The number of aliphatic hydroxyl groups is 1. The number of hydrogen-bond donors (Lipinski definition) is 2. The molecule has 0 heterocycles. The van der Waals surface area contributed by atoms with Gasteiger partial charge in [0.15, 0.2) is 5.78 Å². The zero-order chi connectivity index (χ0) is 25.3. The molecule has 4 heteroatoms. The molecule has 7 atom stereocenters. The number of Topliss-reactive ketones (excluding diaryl/α,β-unsaturated/α-hetero) is 1. The molecule has 0 amide bonds. The number of fused-ring (bicyclic) bond motifs is 4. The van der Waals surface area contributed by atoms with E-state index >= 15 is 0 Å². The highest BCUT2D eigenvalue weighted by atomic mass is 16.4. The number of carbonyl (C=O) groups is 1. The number of nitrogens with zero attached hydrogens (tertiary/aromatic N) is 1. The lowest BCUT2D eigenvalue weighted by atomic mass is 9.42. The molecule has 0 aromatic rings. The summed E-state index contributed by atoms with van der Waals surface area (Å²) in [6.07, 6.45) is 8.34. The van der Waals surface area contributed by atoms with Crippen LogP contribution in [0.3, 0.4) is 0 Å². The molecule has 0 radical (unpaired) electrons. The number of oxime groups is 1. The standard InChI is InChI=1S/C30H49NO3/c1-18(2)10-9-11-19(3)20-12-15-29(7)25-21(31-34)16-23-27(4,5)24(33)13-14-28(23,6)26(25)22(32)17-30(20,29)8/h18-20,23-24,33-34H,9-17H2,1-8H3/b31-21-/t19-,20-,23+,24+,28+,29+,30-/m1/s1.